The number of rotatable bonds is 6. The van der Waals surface area contributed by atoms with Crippen molar-refractivity contribution in [3.63, 3.8) is 0 Å². The van der Waals surface area contributed by atoms with Gasteiger partial charge >= 0.3 is 11.6 Å². The molecule has 33 heavy (non-hydrogen) atoms. The van der Waals surface area contributed by atoms with Gasteiger partial charge < -0.3 is 19.3 Å². The molecule has 4 rings (SSSR count). The zero-order valence-electron chi connectivity index (χ0n) is 18.9. The molecule has 0 aliphatic carbocycles. The molecular weight excluding hydrogens is 422 g/mol. The van der Waals surface area contributed by atoms with E-state index in [4.69, 9.17) is 8.83 Å². The highest BCUT2D eigenvalue weighted by Crippen LogP contribution is 2.34. The van der Waals surface area contributed by atoms with Crippen LogP contribution in [-0.4, -0.2) is 23.0 Å². The fourth-order valence-corrected chi connectivity index (χ4v) is 3.97. The minimum absolute atomic E-state index is 0.202. The molecule has 7 nitrogen and oxygen atoms in total. The number of hydrogen-bond acceptors (Lipinski definition) is 5. The lowest BCUT2D eigenvalue weighted by Crippen LogP contribution is -2.45. The zero-order valence-corrected chi connectivity index (χ0v) is 18.9. The van der Waals surface area contributed by atoms with Crippen LogP contribution in [0.15, 0.2) is 56.3 Å². The Labute approximate surface area is 190 Å². The van der Waals surface area contributed by atoms with Crippen LogP contribution in [0.5, 0.6) is 0 Å². The fourth-order valence-electron chi connectivity index (χ4n) is 3.97. The lowest BCUT2D eigenvalue weighted by Gasteiger charge is -2.18. The van der Waals surface area contributed by atoms with E-state index in [1.54, 1.807) is 33.1 Å². The number of benzene rings is 2. The number of aryl methyl sites for hydroxylation is 2. The molecule has 2 aromatic carbocycles. The Morgan fingerprint density at radius 1 is 1.03 bits per heavy atom. The van der Waals surface area contributed by atoms with Crippen LogP contribution in [0.2, 0.25) is 0 Å². The summed E-state index contributed by atoms with van der Waals surface area (Å²) in [6.45, 7) is 7.19. The van der Waals surface area contributed by atoms with Crippen LogP contribution in [0.1, 0.15) is 30.5 Å². The molecule has 2 aromatic heterocycles. The van der Waals surface area contributed by atoms with Gasteiger partial charge in [-0.15, -0.1) is 0 Å². The minimum atomic E-state index is -1.12. The van der Waals surface area contributed by atoms with Crippen molar-refractivity contribution in [2.24, 2.45) is 5.92 Å². The smallest absolute Gasteiger partial charge is 0.340 e. The van der Waals surface area contributed by atoms with Crippen LogP contribution >= 0.6 is 0 Å². The monoisotopic (exact) mass is 447 g/mol. The van der Waals surface area contributed by atoms with Crippen molar-refractivity contribution in [2.45, 2.75) is 40.2 Å². The molecule has 1 amide bonds. The summed E-state index contributed by atoms with van der Waals surface area (Å²) in [7, 11) is 0. The Morgan fingerprint density at radius 3 is 2.36 bits per heavy atom. The number of hydrogen-bond donors (Lipinski definition) is 2. The van der Waals surface area contributed by atoms with Crippen LogP contribution in [0.4, 0.5) is 0 Å². The number of carbonyl (C=O) groups excluding carboxylic acids is 1. The van der Waals surface area contributed by atoms with Crippen molar-refractivity contribution in [1.82, 2.24) is 5.32 Å². The Kier molecular flexibility index (Phi) is 5.80. The van der Waals surface area contributed by atoms with Gasteiger partial charge in [-0.1, -0.05) is 43.7 Å². The van der Waals surface area contributed by atoms with E-state index < -0.39 is 23.5 Å². The molecule has 0 spiro atoms. The first kappa shape index (κ1) is 22.3. The van der Waals surface area contributed by atoms with Gasteiger partial charge in [0.15, 0.2) is 0 Å². The molecule has 2 heterocycles. The maximum Gasteiger partial charge on any atom is 0.340 e. The lowest BCUT2D eigenvalue weighted by atomic mass is 9.98. The maximum atomic E-state index is 12.6. The highest BCUT2D eigenvalue weighted by molar-refractivity contribution is 6.02. The highest BCUT2D eigenvalue weighted by Gasteiger charge is 2.25. The number of amides is 1. The second-order valence-electron chi connectivity index (χ2n) is 8.66. The molecule has 0 radical (unpaired) electrons. The average molecular weight is 447 g/mol. The minimum Gasteiger partial charge on any atom is -0.480 e. The number of carboxylic acid groups (broad SMARTS) is 1. The van der Waals surface area contributed by atoms with Crippen LogP contribution in [0.25, 0.3) is 33.1 Å². The van der Waals surface area contributed by atoms with Crippen molar-refractivity contribution in [1.29, 1.82) is 0 Å². The van der Waals surface area contributed by atoms with E-state index in [9.17, 15) is 19.5 Å². The zero-order chi connectivity index (χ0) is 23.9. The highest BCUT2D eigenvalue weighted by atomic mass is 16.4. The van der Waals surface area contributed by atoms with Gasteiger partial charge in [0, 0.05) is 22.4 Å². The molecule has 1 atom stereocenters. The second-order valence-corrected chi connectivity index (χ2v) is 8.66. The molecular formula is C26H25NO6. The van der Waals surface area contributed by atoms with Gasteiger partial charge in [0.05, 0.1) is 18.2 Å². The molecule has 1 unspecified atom stereocenters. The van der Waals surface area contributed by atoms with E-state index in [0.717, 1.165) is 22.1 Å². The third-order valence-electron chi connectivity index (χ3n) is 5.93. The van der Waals surface area contributed by atoms with Gasteiger partial charge in [0.1, 0.15) is 17.2 Å². The van der Waals surface area contributed by atoms with Crippen LogP contribution < -0.4 is 10.9 Å². The molecule has 0 bridgehead atoms. The standard InChI is InChI=1S/C26H25NO6/c1-13(2)24(25(29)30)27-23(28)10-18-15(4)17-9-19-20(16-7-5-14(3)6-8-16)12-32-21(19)11-22(17)33-26(18)31/h5-9,11-13,24H,10H2,1-4H3,(H,27,28)(H,29,30). The van der Waals surface area contributed by atoms with E-state index in [2.05, 4.69) is 5.32 Å². The van der Waals surface area contributed by atoms with Crippen molar-refractivity contribution in [3.05, 3.63) is 69.8 Å². The van der Waals surface area contributed by atoms with E-state index in [0.29, 0.717) is 22.1 Å². The van der Waals surface area contributed by atoms with Gasteiger partial charge in [-0.2, -0.15) is 0 Å². The number of furan rings is 1. The molecule has 170 valence electrons. The van der Waals surface area contributed by atoms with Crippen molar-refractivity contribution in [3.8, 4) is 11.1 Å². The molecule has 0 fully saturated rings. The van der Waals surface area contributed by atoms with Crippen LogP contribution in [-0.2, 0) is 16.0 Å². The number of nitrogens with one attached hydrogen (secondary N) is 1. The first-order chi connectivity index (χ1) is 15.7. The number of aliphatic carboxylic acids is 1. The van der Waals surface area contributed by atoms with Crippen molar-refractivity contribution >= 4 is 33.8 Å². The predicted octanol–water partition coefficient (Wildman–Crippen LogP) is 4.59. The van der Waals surface area contributed by atoms with E-state index in [1.807, 2.05) is 37.3 Å². The van der Waals surface area contributed by atoms with Gasteiger partial charge in [0.2, 0.25) is 5.91 Å². The Balaban J connectivity index is 1.76. The van der Waals surface area contributed by atoms with Crippen molar-refractivity contribution < 1.29 is 23.5 Å². The number of carboxylic acids is 1. The molecule has 0 saturated carbocycles. The predicted molar refractivity (Wildman–Crippen MR) is 125 cm³/mol. The van der Waals surface area contributed by atoms with Crippen molar-refractivity contribution in [2.75, 3.05) is 0 Å². The summed E-state index contributed by atoms with van der Waals surface area (Å²) in [5.74, 6) is -1.96. The summed E-state index contributed by atoms with van der Waals surface area (Å²) in [4.78, 5) is 36.6. The first-order valence-electron chi connectivity index (χ1n) is 10.7. The summed E-state index contributed by atoms with van der Waals surface area (Å²) in [5.41, 5.74) is 4.21. The molecule has 2 N–H and O–H groups in total. The quantitative estimate of drug-likeness (QED) is 0.418. The molecule has 4 aromatic rings. The summed E-state index contributed by atoms with van der Waals surface area (Å²) < 4.78 is 11.2. The summed E-state index contributed by atoms with van der Waals surface area (Å²) in [6, 6.07) is 10.6. The molecule has 0 saturated heterocycles. The summed E-state index contributed by atoms with van der Waals surface area (Å²) in [6.07, 6.45) is 1.41. The molecule has 0 aliphatic heterocycles. The fraction of sp³-hybridized carbons (Fsp3) is 0.269. The molecule has 0 aliphatic rings. The first-order valence-corrected chi connectivity index (χ1v) is 10.7. The lowest BCUT2D eigenvalue weighted by molar-refractivity contribution is -0.143. The van der Waals surface area contributed by atoms with Crippen LogP contribution in [0.3, 0.4) is 0 Å². The third-order valence-corrected chi connectivity index (χ3v) is 5.93. The third kappa shape index (κ3) is 4.26. The van der Waals surface area contributed by atoms with Gasteiger partial charge in [-0.3, -0.25) is 4.79 Å². The second kappa shape index (κ2) is 8.58. The number of carbonyl (C=O) groups is 2. The van der Waals surface area contributed by atoms with Gasteiger partial charge in [0.25, 0.3) is 0 Å². The van der Waals surface area contributed by atoms with Gasteiger partial charge in [-0.25, -0.2) is 9.59 Å². The SMILES string of the molecule is Cc1ccc(-c2coc3cc4oc(=O)c(CC(=O)NC(C(=O)O)C(C)C)c(C)c4cc23)cc1. The van der Waals surface area contributed by atoms with Crippen LogP contribution in [0, 0.1) is 19.8 Å². The Hall–Kier alpha value is -3.87. The van der Waals surface area contributed by atoms with Gasteiger partial charge in [-0.05, 0) is 37.0 Å². The topological polar surface area (TPSA) is 110 Å². The average Bonchev–Trinajstić information content (AvgIpc) is 3.16. The number of fused-ring (bicyclic) bond motifs is 2. The van der Waals surface area contributed by atoms with E-state index in [-0.39, 0.29) is 17.9 Å². The normalized spacial score (nSPS) is 12.4. The summed E-state index contributed by atoms with van der Waals surface area (Å²) in [5, 5.41) is 13.4. The summed E-state index contributed by atoms with van der Waals surface area (Å²) >= 11 is 0. The molecule has 7 heteroatoms. The maximum absolute atomic E-state index is 12.6. The Morgan fingerprint density at radius 2 is 1.73 bits per heavy atom. The van der Waals surface area contributed by atoms with E-state index in [1.165, 1.54) is 0 Å². The largest absolute Gasteiger partial charge is 0.480 e. The Bertz CT molecular complexity index is 1430. The van der Waals surface area contributed by atoms with E-state index >= 15 is 0 Å².